The zero-order valence-electron chi connectivity index (χ0n) is 11.4. The number of benzene rings is 1. The third kappa shape index (κ3) is 2.34. The first-order valence-corrected chi connectivity index (χ1v) is 6.36. The van der Waals surface area contributed by atoms with Crippen molar-refractivity contribution in [3.63, 3.8) is 0 Å². The number of hydrogen-bond donors (Lipinski definition) is 0. The second-order valence-corrected chi connectivity index (χ2v) is 4.78. The van der Waals surface area contributed by atoms with E-state index in [1.165, 1.54) is 10.6 Å². The minimum absolute atomic E-state index is 0.106. The fourth-order valence-corrected chi connectivity index (χ4v) is 2.15. The molecular formula is C15H10F3N3O. The van der Waals surface area contributed by atoms with Gasteiger partial charge in [-0.2, -0.15) is 0 Å². The van der Waals surface area contributed by atoms with Crippen LogP contribution in [0.5, 0.6) is 0 Å². The molecule has 0 unspecified atom stereocenters. The summed E-state index contributed by atoms with van der Waals surface area (Å²) in [7, 11) is 1.57. The Bertz CT molecular complexity index is 904. The van der Waals surface area contributed by atoms with E-state index < -0.39 is 17.9 Å². The summed E-state index contributed by atoms with van der Waals surface area (Å²) in [6.07, 6.45) is 0.837. The molecule has 2 aromatic heterocycles. The lowest BCUT2D eigenvalue weighted by Gasteiger charge is -2.07. The molecule has 0 aliphatic rings. The summed E-state index contributed by atoms with van der Waals surface area (Å²) in [4.78, 5) is 19.3. The van der Waals surface area contributed by atoms with E-state index in [0.717, 1.165) is 18.5 Å². The van der Waals surface area contributed by atoms with Gasteiger partial charge < -0.3 is 4.57 Å². The predicted octanol–water partition coefficient (Wildman–Crippen LogP) is 3.07. The first-order chi connectivity index (χ1) is 10.5. The fourth-order valence-electron chi connectivity index (χ4n) is 2.15. The largest absolute Gasteiger partial charge is 0.318 e. The van der Waals surface area contributed by atoms with Crippen molar-refractivity contribution in [2.24, 2.45) is 7.05 Å². The van der Waals surface area contributed by atoms with E-state index in [4.69, 9.17) is 0 Å². The Labute approximate surface area is 122 Å². The molecular weight excluding hydrogens is 295 g/mol. The molecule has 0 saturated heterocycles. The van der Waals surface area contributed by atoms with Crippen LogP contribution in [0.25, 0.3) is 22.0 Å². The number of rotatable bonds is 2. The van der Waals surface area contributed by atoms with Crippen LogP contribution in [0.1, 0.15) is 12.1 Å². The molecule has 0 aliphatic heterocycles. The van der Waals surface area contributed by atoms with Gasteiger partial charge in [0.05, 0.1) is 23.5 Å². The van der Waals surface area contributed by atoms with Gasteiger partial charge in [0, 0.05) is 18.8 Å². The number of aromatic nitrogens is 3. The molecule has 0 amide bonds. The van der Waals surface area contributed by atoms with Gasteiger partial charge in [0.1, 0.15) is 11.5 Å². The van der Waals surface area contributed by atoms with Crippen LogP contribution in [0.2, 0.25) is 0 Å². The lowest BCUT2D eigenvalue weighted by molar-refractivity contribution is 0.145. The maximum atomic E-state index is 14.2. The maximum Gasteiger partial charge on any atom is 0.281 e. The van der Waals surface area contributed by atoms with Gasteiger partial charge in [-0.25, -0.2) is 13.2 Å². The van der Waals surface area contributed by atoms with E-state index in [-0.39, 0.29) is 22.2 Å². The SMILES string of the molecule is Cn1ccc2cc(-c3cnc(C(F)F)cn3)c(F)cc2c1=O. The van der Waals surface area contributed by atoms with Crippen molar-refractivity contribution < 1.29 is 13.2 Å². The van der Waals surface area contributed by atoms with Crippen LogP contribution < -0.4 is 5.56 Å². The number of halogens is 3. The van der Waals surface area contributed by atoms with Crippen molar-refractivity contribution in [3.8, 4) is 11.3 Å². The van der Waals surface area contributed by atoms with Crippen molar-refractivity contribution in [2.45, 2.75) is 6.43 Å². The van der Waals surface area contributed by atoms with Gasteiger partial charge in [0.25, 0.3) is 12.0 Å². The average molecular weight is 305 g/mol. The molecule has 0 radical (unpaired) electrons. The lowest BCUT2D eigenvalue weighted by atomic mass is 10.1. The zero-order valence-corrected chi connectivity index (χ0v) is 11.4. The van der Waals surface area contributed by atoms with E-state index in [0.29, 0.717) is 5.39 Å². The molecule has 0 spiro atoms. The quantitative estimate of drug-likeness (QED) is 0.731. The summed E-state index contributed by atoms with van der Waals surface area (Å²) in [6, 6.07) is 4.24. The van der Waals surface area contributed by atoms with Gasteiger partial charge in [0.2, 0.25) is 0 Å². The maximum absolute atomic E-state index is 14.2. The summed E-state index contributed by atoms with van der Waals surface area (Å²) in [5.74, 6) is -0.658. The van der Waals surface area contributed by atoms with Gasteiger partial charge in [-0.3, -0.25) is 14.8 Å². The molecule has 22 heavy (non-hydrogen) atoms. The van der Waals surface area contributed by atoms with Crippen molar-refractivity contribution in [1.82, 2.24) is 14.5 Å². The highest BCUT2D eigenvalue weighted by molar-refractivity contribution is 5.86. The van der Waals surface area contributed by atoms with Crippen LogP contribution in [-0.2, 0) is 7.05 Å². The molecule has 0 bridgehead atoms. The van der Waals surface area contributed by atoms with Crippen LogP contribution in [0.3, 0.4) is 0 Å². The Balaban J connectivity index is 2.17. The first-order valence-electron chi connectivity index (χ1n) is 6.36. The molecule has 0 fully saturated rings. The third-order valence-corrected chi connectivity index (χ3v) is 3.34. The Morgan fingerprint density at radius 3 is 2.59 bits per heavy atom. The first kappa shape index (κ1) is 14.2. The summed E-state index contributed by atoms with van der Waals surface area (Å²) in [5.41, 5.74) is -0.556. The van der Waals surface area contributed by atoms with Crippen LogP contribution in [0.15, 0.2) is 41.6 Å². The fraction of sp³-hybridized carbons (Fsp3) is 0.133. The standard InChI is InChI=1S/C15H10F3N3O/c1-21-3-2-8-4-10(11(16)5-9(8)15(21)22)12-6-20-13(7-19-12)14(17)18/h2-7,14H,1H3. The normalized spacial score (nSPS) is 11.3. The average Bonchev–Trinajstić information content (AvgIpc) is 2.51. The van der Waals surface area contributed by atoms with Gasteiger partial charge in [0.15, 0.2) is 0 Å². The third-order valence-electron chi connectivity index (χ3n) is 3.34. The summed E-state index contributed by atoms with van der Waals surface area (Å²) in [6.45, 7) is 0. The molecule has 0 atom stereocenters. The van der Waals surface area contributed by atoms with Crippen LogP contribution in [0, 0.1) is 5.82 Å². The minimum Gasteiger partial charge on any atom is -0.318 e. The van der Waals surface area contributed by atoms with Crippen molar-refractivity contribution >= 4 is 10.8 Å². The Morgan fingerprint density at radius 2 is 1.95 bits per heavy atom. The monoisotopic (exact) mass is 305 g/mol. The minimum atomic E-state index is -2.73. The lowest BCUT2D eigenvalue weighted by Crippen LogP contribution is -2.15. The number of hydrogen-bond acceptors (Lipinski definition) is 3. The molecule has 0 aliphatic carbocycles. The van der Waals surface area contributed by atoms with E-state index in [9.17, 15) is 18.0 Å². The smallest absolute Gasteiger partial charge is 0.281 e. The number of alkyl halides is 2. The Kier molecular flexibility index (Phi) is 3.40. The summed E-state index contributed by atoms with van der Waals surface area (Å²) in [5, 5.41) is 0.780. The molecule has 2 heterocycles. The summed E-state index contributed by atoms with van der Waals surface area (Å²) >= 11 is 0. The zero-order chi connectivity index (χ0) is 15.9. The number of pyridine rings is 1. The Hall–Kier alpha value is -2.70. The van der Waals surface area contributed by atoms with E-state index in [1.807, 2.05) is 0 Å². The van der Waals surface area contributed by atoms with Gasteiger partial charge in [-0.05, 0) is 23.6 Å². The number of aryl methyl sites for hydroxylation is 1. The number of nitrogens with zero attached hydrogens (tertiary/aromatic N) is 3. The topological polar surface area (TPSA) is 47.8 Å². The molecule has 112 valence electrons. The van der Waals surface area contributed by atoms with E-state index >= 15 is 0 Å². The van der Waals surface area contributed by atoms with E-state index in [2.05, 4.69) is 9.97 Å². The molecule has 0 saturated carbocycles. The highest BCUT2D eigenvalue weighted by Crippen LogP contribution is 2.25. The predicted molar refractivity (Wildman–Crippen MR) is 75.1 cm³/mol. The summed E-state index contributed by atoms with van der Waals surface area (Å²) < 4.78 is 40.5. The van der Waals surface area contributed by atoms with Crippen molar-refractivity contribution in [1.29, 1.82) is 0 Å². The van der Waals surface area contributed by atoms with Crippen LogP contribution in [0.4, 0.5) is 13.2 Å². The molecule has 3 aromatic rings. The molecule has 3 rings (SSSR count). The second kappa shape index (κ2) is 5.25. The molecule has 4 nitrogen and oxygen atoms in total. The van der Waals surface area contributed by atoms with E-state index in [1.54, 1.807) is 19.3 Å². The van der Waals surface area contributed by atoms with Crippen molar-refractivity contribution in [2.75, 3.05) is 0 Å². The van der Waals surface area contributed by atoms with Gasteiger partial charge >= 0.3 is 0 Å². The molecule has 1 aromatic carbocycles. The van der Waals surface area contributed by atoms with Gasteiger partial charge in [-0.1, -0.05) is 0 Å². The molecule has 7 heteroatoms. The highest BCUT2D eigenvalue weighted by Gasteiger charge is 2.13. The number of fused-ring (bicyclic) bond motifs is 1. The molecule has 0 N–H and O–H groups in total. The Morgan fingerprint density at radius 1 is 1.18 bits per heavy atom. The van der Waals surface area contributed by atoms with Crippen LogP contribution in [-0.4, -0.2) is 14.5 Å². The van der Waals surface area contributed by atoms with Gasteiger partial charge in [-0.15, -0.1) is 0 Å². The van der Waals surface area contributed by atoms with Crippen LogP contribution >= 0.6 is 0 Å². The van der Waals surface area contributed by atoms with Crippen molar-refractivity contribution in [3.05, 3.63) is 58.7 Å². The highest BCUT2D eigenvalue weighted by atomic mass is 19.3. The second-order valence-electron chi connectivity index (χ2n) is 4.78.